The number of carboxylic acid groups (broad SMARTS) is 1. The summed E-state index contributed by atoms with van der Waals surface area (Å²) in [7, 11) is 1.53. The number of aliphatic carboxylic acids is 1. The summed E-state index contributed by atoms with van der Waals surface area (Å²) in [5.74, 6) is -0.428. The normalized spacial score (nSPS) is 17.8. The molecule has 1 aliphatic heterocycles. The highest BCUT2D eigenvalue weighted by Gasteiger charge is 2.37. The molecule has 154 valence electrons. The molecule has 1 amide bonds. The van der Waals surface area contributed by atoms with E-state index in [2.05, 4.69) is 0 Å². The second-order valence-corrected chi connectivity index (χ2v) is 7.25. The highest BCUT2D eigenvalue weighted by molar-refractivity contribution is 5.95. The van der Waals surface area contributed by atoms with E-state index in [0.717, 1.165) is 16.0 Å². The zero-order valence-corrected chi connectivity index (χ0v) is 16.9. The fourth-order valence-corrected chi connectivity index (χ4v) is 4.01. The third kappa shape index (κ3) is 3.56. The molecule has 1 N–H and O–H groups in total. The summed E-state index contributed by atoms with van der Waals surface area (Å²) in [6.07, 6.45) is 5.50. The Hall–Kier alpha value is -3.54. The summed E-state index contributed by atoms with van der Waals surface area (Å²) in [4.78, 5) is 26.4. The number of benzene rings is 2. The average molecular weight is 405 g/mol. The highest BCUT2D eigenvalue weighted by Crippen LogP contribution is 2.38. The van der Waals surface area contributed by atoms with Crippen LogP contribution in [0.1, 0.15) is 24.9 Å². The van der Waals surface area contributed by atoms with Crippen molar-refractivity contribution in [3.8, 4) is 11.5 Å². The molecule has 6 nitrogen and oxygen atoms in total. The van der Waals surface area contributed by atoms with Crippen LogP contribution in [0.4, 0.5) is 0 Å². The molecule has 2 atom stereocenters. The smallest absolute Gasteiger partial charge is 0.305 e. The van der Waals surface area contributed by atoms with Gasteiger partial charge in [0, 0.05) is 6.20 Å². The summed E-state index contributed by atoms with van der Waals surface area (Å²) in [6.45, 7) is 2.36. The van der Waals surface area contributed by atoms with Crippen molar-refractivity contribution in [3.05, 3.63) is 70.2 Å². The van der Waals surface area contributed by atoms with Crippen molar-refractivity contribution in [2.45, 2.75) is 19.4 Å². The number of nitrogens with zero attached hydrogens (tertiary/aromatic N) is 1. The van der Waals surface area contributed by atoms with Gasteiger partial charge < -0.3 is 19.5 Å². The average Bonchev–Trinajstić information content (AvgIpc) is 3.06. The number of carbonyl (C=O) groups is 2. The number of amides is 1. The van der Waals surface area contributed by atoms with Gasteiger partial charge in [0.2, 0.25) is 5.91 Å². The Morgan fingerprint density at radius 3 is 2.63 bits per heavy atom. The number of hydrogen-bond acceptors (Lipinski definition) is 4. The Morgan fingerprint density at radius 1 is 1.17 bits per heavy atom. The van der Waals surface area contributed by atoms with Crippen LogP contribution in [0.3, 0.4) is 0 Å². The number of rotatable bonds is 7. The molecule has 2 unspecified atom stereocenters. The van der Waals surface area contributed by atoms with Crippen molar-refractivity contribution in [2.75, 3.05) is 13.7 Å². The molecule has 0 aromatic heterocycles. The Bertz CT molecular complexity index is 1150. The van der Waals surface area contributed by atoms with E-state index in [0.29, 0.717) is 23.7 Å². The second kappa shape index (κ2) is 8.06. The van der Waals surface area contributed by atoms with Crippen LogP contribution in [-0.4, -0.2) is 35.6 Å². The minimum Gasteiger partial charge on any atom is -0.493 e. The number of carbonyl (C=O) groups excluding carboxylic acids is 1. The standard InChI is InChI=1S/C24H23NO5/c1-3-30-21-9-8-17(12-22(21)29-2)20(13-23(26)27)25-14-18-10-15-6-4-5-7-16(15)11-19(18)24(25)28/h4-12,14,19-20H,3,13H2,1-2H3,(H,26,27). The van der Waals surface area contributed by atoms with E-state index in [4.69, 9.17) is 9.47 Å². The van der Waals surface area contributed by atoms with Crippen molar-refractivity contribution in [1.29, 1.82) is 0 Å². The Balaban J connectivity index is 1.74. The largest absolute Gasteiger partial charge is 0.493 e. The predicted molar refractivity (Wildman–Crippen MR) is 112 cm³/mol. The van der Waals surface area contributed by atoms with E-state index in [9.17, 15) is 14.7 Å². The van der Waals surface area contributed by atoms with Crippen LogP contribution < -0.4 is 19.9 Å². The molecule has 0 bridgehead atoms. The van der Waals surface area contributed by atoms with Gasteiger partial charge in [-0.15, -0.1) is 0 Å². The Morgan fingerprint density at radius 2 is 1.93 bits per heavy atom. The highest BCUT2D eigenvalue weighted by atomic mass is 16.5. The van der Waals surface area contributed by atoms with Gasteiger partial charge >= 0.3 is 5.97 Å². The van der Waals surface area contributed by atoms with Crippen LogP contribution in [0.15, 0.2) is 54.2 Å². The zero-order chi connectivity index (χ0) is 21.3. The van der Waals surface area contributed by atoms with Crippen molar-refractivity contribution in [2.24, 2.45) is 5.92 Å². The molecule has 30 heavy (non-hydrogen) atoms. The summed E-state index contributed by atoms with van der Waals surface area (Å²) in [6, 6.07) is 12.5. The van der Waals surface area contributed by atoms with Crippen molar-refractivity contribution >= 4 is 24.0 Å². The fraction of sp³-hybridized carbons (Fsp3) is 0.250. The van der Waals surface area contributed by atoms with Gasteiger partial charge in [-0.1, -0.05) is 36.4 Å². The van der Waals surface area contributed by atoms with Crippen LogP contribution in [0.2, 0.25) is 0 Å². The first-order chi connectivity index (χ1) is 14.5. The lowest BCUT2D eigenvalue weighted by atomic mass is 9.94. The minimum atomic E-state index is -0.981. The van der Waals surface area contributed by atoms with Gasteiger partial charge in [-0.2, -0.15) is 0 Å². The molecule has 4 rings (SSSR count). The Labute approximate surface area is 174 Å². The maximum absolute atomic E-state index is 13.2. The zero-order valence-electron chi connectivity index (χ0n) is 16.9. The first kappa shape index (κ1) is 19.8. The fourth-order valence-electron chi connectivity index (χ4n) is 4.01. The molecule has 1 heterocycles. The third-order valence-electron chi connectivity index (χ3n) is 5.41. The number of ether oxygens (including phenoxy) is 2. The van der Waals surface area contributed by atoms with E-state index in [1.54, 1.807) is 29.3 Å². The molecular formula is C24H23NO5. The van der Waals surface area contributed by atoms with Crippen molar-refractivity contribution in [3.63, 3.8) is 0 Å². The summed E-state index contributed by atoms with van der Waals surface area (Å²) < 4.78 is 11.0. The predicted octanol–water partition coefficient (Wildman–Crippen LogP) is 2.23. The van der Waals surface area contributed by atoms with E-state index in [-0.39, 0.29) is 12.3 Å². The molecule has 2 aromatic carbocycles. The van der Waals surface area contributed by atoms with Crippen LogP contribution >= 0.6 is 0 Å². The van der Waals surface area contributed by atoms with Gasteiger partial charge in [0.1, 0.15) is 0 Å². The second-order valence-electron chi connectivity index (χ2n) is 7.25. The molecule has 2 aromatic rings. The molecule has 6 heteroatoms. The van der Waals surface area contributed by atoms with E-state index < -0.39 is 17.9 Å². The first-order valence-electron chi connectivity index (χ1n) is 9.87. The molecule has 2 aliphatic rings. The van der Waals surface area contributed by atoms with E-state index >= 15 is 0 Å². The van der Waals surface area contributed by atoms with Gasteiger partial charge in [0.15, 0.2) is 11.5 Å². The summed E-state index contributed by atoms with van der Waals surface area (Å²) >= 11 is 0. The summed E-state index contributed by atoms with van der Waals surface area (Å²) in [5, 5.41) is 11.6. The maximum atomic E-state index is 13.2. The lowest BCUT2D eigenvalue weighted by Crippen LogP contribution is -2.34. The lowest BCUT2D eigenvalue weighted by Gasteiger charge is -2.27. The van der Waals surface area contributed by atoms with Crippen LogP contribution in [0, 0.1) is 5.92 Å². The quantitative estimate of drug-likeness (QED) is 0.765. The Kier molecular flexibility index (Phi) is 5.31. The van der Waals surface area contributed by atoms with Gasteiger partial charge in [0.25, 0.3) is 0 Å². The van der Waals surface area contributed by atoms with Gasteiger partial charge in [-0.25, -0.2) is 0 Å². The minimum absolute atomic E-state index is 0.130. The van der Waals surface area contributed by atoms with Crippen LogP contribution in [-0.2, 0) is 9.59 Å². The van der Waals surface area contributed by atoms with Gasteiger partial charge in [0.05, 0.1) is 32.1 Å². The van der Waals surface area contributed by atoms with E-state index in [1.165, 1.54) is 7.11 Å². The first-order valence-corrected chi connectivity index (χ1v) is 9.87. The molecule has 0 spiro atoms. The van der Waals surface area contributed by atoms with Gasteiger partial charge in [-0.05, 0) is 46.7 Å². The topological polar surface area (TPSA) is 76.1 Å². The molecule has 0 saturated carbocycles. The molecule has 0 saturated heterocycles. The number of methoxy groups -OCH3 is 1. The monoisotopic (exact) mass is 405 g/mol. The van der Waals surface area contributed by atoms with Gasteiger partial charge in [-0.3, -0.25) is 9.59 Å². The van der Waals surface area contributed by atoms with Crippen molar-refractivity contribution in [1.82, 2.24) is 4.90 Å². The van der Waals surface area contributed by atoms with Crippen LogP contribution in [0.5, 0.6) is 11.5 Å². The van der Waals surface area contributed by atoms with E-state index in [1.807, 2.05) is 43.3 Å². The molecule has 1 aliphatic carbocycles. The number of carboxylic acids is 1. The molecule has 0 radical (unpaired) electrons. The molecular weight excluding hydrogens is 382 g/mol. The number of fused-ring (bicyclic) bond motifs is 2. The lowest BCUT2D eigenvalue weighted by molar-refractivity contribution is -0.139. The molecule has 0 fully saturated rings. The third-order valence-corrected chi connectivity index (χ3v) is 5.41. The number of hydrogen-bond donors (Lipinski definition) is 1. The van der Waals surface area contributed by atoms with Crippen LogP contribution in [0.25, 0.3) is 12.2 Å². The maximum Gasteiger partial charge on any atom is 0.305 e. The van der Waals surface area contributed by atoms with Crippen molar-refractivity contribution < 1.29 is 24.2 Å². The SMILES string of the molecule is CCOc1ccc(C(CC(=O)O)N2C=C3C=c4ccccc4=CC3C2=O)cc1OC. The summed E-state index contributed by atoms with van der Waals surface area (Å²) in [5.41, 5.74) is 1.55.